The van der Waals surface area contributed by atoms with E-state index in [0.717, 1.165) is 48.7 Å². The fourth-order valence-electron chi connectivity index (χ4n) is 3.21. The average molecular weight is 393 g/mol. The monoisotopic (exact) mass is 392 g/mol. The molecule has 1 aliphatic rings. The molecule has 2 atom stereocenters. The summed E-state index contributed by atoms with van der Waals surface area (Å²) in [5, 5.41) is 5.50. The largest absolute Gasteiger partial charge is 0.357 e. The maximum absolute atomic E-state index is 4.87. The number of nitrogens with zero attached hydrogens (tertiary/aromatic N) is 5. The van der Waals surface area contributed by atoms with Crippen LogP contribution in [0.2, 0.25) is 0 Å². The SMILES string of the molecule is CCNC(=NCCCSc1nccs1)N1CCC(C)C(n2ccnc2)C1. The van der Waals surface area contributed by atoms with Crippen LogP contribution in [0.5, 0.6) is 0 Å². The molecular weight excluding hydrogens is 364 g/mol. The van der Waals surface area contributed by atoms with Crippen molar-refractivity contribution < 1.29 is 0 Å². The zero-order valence-corrected chi connectivity index (χ0v) is 17.2. The summed E-state index contributed by atoms with van der Waals surface area (Å²) < 4.78 is 3.39. The van der Waals surface area contributed by atoms with Crippen molar-refractivity contribution in [3.8, 4) is 0 Å². The summed E-state index contributed by atoms with van der Waals surface area (Å²) in [7, 11) is 0. The fraction of sp³-hybridized carbons (Fsp3) is 0.611. The third-order valence-corrected chi connectivity index (χ3v) is 6.71. The van der Waals surface area contributed by atoms with Gasteiger partial charge < -0.3 is 14.8 Å². The summed E-state index contributed by atoms with van der Waals surface area (Å²) in [5.41, 5.74) is 0. The van der Waals surface area contributed by atoms with Gasteiger partial charge in [0, 0.05) is 55.9 Å². The Morgan fingerprint density at radius 2 is 2.38 bits per heavy atom. The molecule has 6 nitrogen and oxygen atoms in total. The Balaban J connectivity index is 1.54. The van der Waals surface area contributed by atoms with E-state index in [2.05, 4.69) is 44.8 Å². The third kappa shape index (κ3) is 5.23. The molecule has 0 radical (unpaired) electrons. The second kappa shape index (κ2) is 9.97. The summed E-state index contributed by atoms with van der Waals surface area (Å²) in [4.78, 5) is 15.8. The lowest BCUT2D eigenvalue weighted by Gasteiger charge is -2.39. The average Bonchev–Trinajstić information content (AvgIpc) is 3.35. The maximum Gasteiger partial charge on any atom is 0.193 e. The lowest BCUT2D eigenvalue weighted by Crippen LogP contribution is -2.49. The Bertz CT molecular complexity index is 655. The highest BCUT2D eigenvalue weighted by molar-refractivity contribution is 8.00. The minimum atomic E-state index is 0.454. The molecule has 1 aliphatic heterocycles. The topological polar surface area (TPSA) is 58.3 Å². The van der Waals surface area contributed by atoms with Gasteiger partial charge in [0.15, 0.2) is 5.96 Å². The van der Waals surface area contributed by atoms with Crippen molar-refractivity contribution in [3.05, 3.63) is 30.3 Å². The van der Waals surface area contributed by atoms with Crippen molar-refractivity contribution in [2.75, 3.05) is 31.9 Å². The molecule has 26 heavy (non-hydrogen) atoms. The van der Waals surface area contributed by atoms with Gasteiger partial charge in [-0.05, 0) is 25.7 Å². The van der Waals surface area contributed by atoms with Crippen LogP contribution in [-0.4, -0.2) is 57.3 Å². The van der Waals surface area contributed by atoms with Crippen LogP contribution in [0.1, 0.15) is 32.7 Å². The number of piperidine rings is 1. The Kier molecular flexibility index (Phi) is 7.37. The van der Waals surface area contributed by atoms with Gasteiger partial charge in [-0.2, -0.15) is 0 Å². The van der Waals surface area contributed by atoms with Gasteiger partial charge in [-0.1, -0.05) is 18.7 Å². The zero-order valence-electron chi connectivity index (χ0n) is 15.5. The normalized spacial score (nSPS) is 21.2. The Morgan fingerprint density at radius 1 is 1.46 bits per heavy atom. The Hall–Kier alpha value is -1.54. The molecule has 0 aliphatic carbocycles. The van der Waals surface area contributed by atoms with Crippen LogP contribution in [0.25, 0.3) is 0 Å². The summed E-state index contributed by atoms with van der Waals surface area (Å²) in [6, 6.07) is 0.454. The van der Waals surface area contributed by atoms with Crippen molar-refractivity contribution in [2.24, 2.45) is 10.9 Å². The van der Waals surface area contributed by atoms with Crippen molar-refractivity contribution in [1.82, 2.24) is 24.8 Å². The summed E-state index contributed by atoms with van der Waals surface area (Å²) in [6.45, 7) is 8.26. The van der Waals surface area contributed by atoms with Crippen LogP contribution in [0.15, 0.2) is 39.6 Å². The zero-order chi connectivity index (χ0) is 18.2. The molecule has 2 unspecified atom stereocenters. The van der Waals surface area contributed by atoms with E-state index in [1.54, 1.807) is 11.3 Å². The number of guanidine groups is 1. The van der Waals surface area contributed by atoms with E-state index in [1.165, 1.54) is 6.42 Å². The lowest BCUT2D eigenvalue weighted by atomic mass is 9.93. The van der Waals surface area contributed by atoms with Crippen LogP contribution in [-0.2, 0) is 0 Å². The number of thioether (sulfide) groups is 1. The molecule has 2 aromatic rings. The molecule has 0 amide bonds. The number of likely N-dealkylation sites (tertiary alicyclic amines) is 1. The minimum Gasteiger partial charge on any atom is -0.357 e. The number of hydrogen-bond acceptors (Lipinski definition) is 5. The van der Waals surface area contributed by atoms with E-state index in [4.69, 9.17) is 4.99 Å². The number of aromatic nitrogens is 3. The molecule has 1 saturated heterocycles. The highest BCUT2D eigenvalue weighted by atomic mass is 32.2. The van der Waals surface area contributed by atoms with E-state index >= 15 is 0 Å². The molecule has 0 bridgehead atoms. The van der Waals surface area contributed by atoms with Crippen LogP contribution < -0.4 is 5.32 Å². The molecule has 0 spiro atoms. The Labute approximate surface area is 164 Å². The second-order valence-electron chi connectivity index (χ2n) is 6.52. The number of rotatable bonds is 7. The van der Waals surface area contributed by atoms with Gasteiger partial charge in [0.2, 0.25) is 0 Å². The molecular formula is C18H28N6S2. The lowest BCUT2D eigenvalue weighted by molar-refractivity contribution is 0.189. The van der Waals surface area contributed by atoms with Gasteiger partial charge in [-0.3, -0.25) is 4.99 Å². The van der Waals surface area contributed by atoms with Crippen LogP contribution >= 0.6 is 23.1 Å². The van der Waals surface area contributed by atoms with E-state index in [0.29, 0.717) is 12.0 Å². The van der Waals surface area contributed by atoms with E-state index in [-0.39, 0.29) is 0 Å². The molecule has 142 valence electrons. The predicted molar refractivity (Wildman–Crippen MR) is 110 cm³/mol. The molecule has 0 aromatic carbocycles. The summed E-state index contributed by atoms with van der Waals surface area (Å²) in [5.74, 6) is 2.76. The molecule has 1 N–H and O–H groups in total. The third-order valence-electron chi connectivity index (χ3n) is 4.66. The van der Waals surface area contributed by atoms with E-state index in [1.807, 2.05) is 35.9 Å². The van der Waals surface area contributed by atoms with Gasteiger partial charge in [0.05, 0.1) is 12.4 Å². The highest BCUT2D eigenvalue weighted by Crippen LogP contribution is 2.27. The van der Waals surface area contributed by atoms with Crippen molar-refractivity contribution in [2.45, 2.75) is 37.1 Å². The maximum atomic E-state index is 4.87. The standard InChI is InChI=1S/C18H28N6S2/c1-3-20-17(21-6-4-11-25-18-22-8-12-26-18)23-9-5-15(2)16(13-23)24-10-7-19-14-24/h7-8,10,12,14-16H,3-6,9,11,13H2,1-2H3,(H,20,21). The van der Waals surface area contributed by atoms with Gasteiger partial charge in [-0.15, -0.1) is 11.3 Å². The predicted octanol–water partition coefficient (Wildman–Crippen LogP) is 3.37. The molecule has 8 heteroatoms. The van der Waals surface area contributed by atoms with Crippen molar-refractivity contribution in [3.63, 3.8) is 0 Å². The first-order valence-corrected chi connectivity index (χ1v) is 11.2. The minimum absolute atomic E-state index is 0.454. The highest BCUT2D eigenvalue weighted by Gasteiger charge is 2.28. The van der Waals surface area contributed by atoms with Gasteiger partial charge in [-0.25, -0.2) is 9.97 Å². The number of imidazole rings is 1. The number of aliphatic imine (C=N–C) groups is 1. The first-order chi connectivity index (χ1) is 12.8. The fourth-order valence-corrected chi connectivity index (χ4v) is 4.84. The second-order valence-corrected chi connectivity index (χ2v) is 8.76. The van der Waals surface area contributed by atoms with E-state index in [9.17, 15) is 0 Å². The molecule has 0 saturated carbocycles. The smallest absolute Gasteiger partial charge is 0.193 e. The molecule has 3 heterocycles. The molecule has 3 rings (SSSR count). The van der Waals surface area contributed by atoms with Gasteiger partial charge in [0.1, 0.15) is 4.34 Å². The van der Waals surface area contributed by atoms with Crippen molar-refractivity contribution in [1.29, 1.82) is 0 Å². The number of hydrogen-bond donors (Lipinski definition) is 1. The summed E-state index contributed by atoms with van der Waals surface area (Å²) >= 11 is 3.53. The Morgan fingerprint density at radius 3 is 3.12 bits per heavy atom. The first-order valence-electron chi connectivity index (χ1n) is 9.31. The number of nitrogens with one attached hydrogen (secondary N) is 1. The summed E-state index contributed by atoms with van der Waals surface area (Å²) in [6.07, 6.45) is 9.98. The van der Waals surface area contributed by atoms with E-state index < -0.39 is 0 Å². The molecule has 2 aromatic heterocycles. The number of thiazole rings is 1. The van der Waals surface area contributed by atoms with Crippen molar-refractivity contribution >= 4 is 29.1 Å². The van der Waals surface area contributed by atoms with Gasteiger partial charge in [0.25, 0.3) is 0 Å². The molecule has 1 fully saturated rings. The van der Waals surface area contributed by atoms with Crippen LogP contribution in [0.4, 0.5) is 0 Å². The first kappa shape index (κ1) is 19.2. The van der Waals surface area contributed by atoms with Gasteiger partial charge >= 0.3 is 0 Å². The van der Waals surface area contributed by atoms with Crippen LogP contribution in [0.3, 0.4) is 0 Å². The van der Waals surface area contributed by atoms with Crippen LogP contribution in [0, 0.1) is 5.92 Å². The quantitative estimate of drug-likeness (QED) is 0.339.